The van der Waals surface area contributed by atoms with E-state index in [9.17, 15) is 13.2 Å². The minimum atomic E-state index is -3.47. The summed E-state index contributed by atoms with van der Waals surface area (Å²) < 4.78 is 24.6. The van der Waals surface area contributed by atoms with Crippen molar-refractivity contribution in [3.05, 3.63) is 60.3 Å². The Morgan fingerprint density at radius 2 is 1.79 bits per heavy atom. The van der Waals surface area contributed by atoms with Gasteiger partial charge in [-0.1, -0.05) is 43.3 Å². The highest BCUT2D eigenvalue weighted by atomic mass is 32.2. The maximum absolute atomic E-state index is 12.9. The first kappa shape index (κ1) is 18.1. The topological polar surface area (TPSA) is 67.3 Å². The molecule has 1 heterocycles. The van der Waals surface area contributed by atoms with Crippen molar-refractivity contribution < 1.29 is 13.2 Å². The maximum atomic E-state index is 12.9. The van der Waals surface area contributed by atoms with Crippen LogP contribution in [0.2, 0.25) is 0 Å². The van der Waals surface area contributed by atoms with E-state index in [4.69, 9.17) is 0 Å². The van der Waals surface area contributed by atoms with Gasteiger partial charge in [0.05, 0.1) is 12.3 Å². The number of anilines is 1. The van der Waals surface area contributed by atoms with Gasteiger partial charge in [0, 0.05) is 6.20 Å². The normalized spacial score (nSPS) is 12.6. The largest absolute Gasteiger partial charge is 0.291 e. The van der Waals surface area contributed by atoms with Crippen molar-refractivity contribution in [2.24, 2.45) is 0 Å². The lowest BCUT2D eigenvalue weighted by Gasteiger charge is -2.25. The molecular formula is C18H22N2O3S. The van der Waals surface area contributed by atoms with Crippen molar-refractivity contribution in [2.45, 2.75) is 32.1 Å². The fourth-order valence-corrected chi connectivity index (χ4v) is 3.74. The van der Waals surface area contributed by atoms with Gasteiger partial charge in [0.25, 0.3) is 0 Å². The first-order valence-corrected chi connectivity index (χ1v) is 9.65. The summed E-state index contributed by atoms with van der Waals surface area (Å²) in [7, 11) is -3.47. The molecular weight excluding hydrogens is 324 g/mol. The first-order valence-electron chi connectivity index (χ1n) is 7.93. The Morgan fingerprint density at radius 1 is 1.12 bits per heavy atom. The third-order valence-corrected chi connectivity index (χ3v) is 6.01. The zero-order chi connectivity index (χ0) is 17.6. The molecule has 0 aliphatic carbocycles. The molecule has 0 unspecified atom stereocenters. The van der Waals surface area contributed by atoms with E-state index in [-0.39, 0.29) is 12.3 Å². The van der Waals surface area contributed by atoms with Crippen LogP contribution in [0.3, 0.4) is 0 Å². The second kappa shape index (κ2) is 8.06. The fourth-order valence-electron chi connectivity index (χ4n) is 2.39. The van der Waals surface area contributed by atoms with Gasteiger partial charge in [-0.15, -0.1) is 0 Å². The Labute approximate surface area is 143 Å². The number of benzene rings is 1. The van der Waals surface area contributed by atoms with E-state index in [1.165, 1.54) is 11.8 Å². The molecule has 0 aliphatic heterocycles. The van der Waals surface area contributed by atoms with Gasteiger partial charge in [0.15, 0.2) is 9.84 Å². The van der Waals surface area contributed by atoms with E-state index < -0.39 is 21.0 Å². The summed E-state index contributed by atoms with van der Waals surface area (Å²) >= 11 is 0. The van der Waals surface area contributed by atoms with Gasteiger partial charge in [-0.3, -0.25) is 9.69 Å². The average Bonchev–Trinajstić information content (AvgIpc) is 2.60. The van der Waals surface area contributed by atoms with Crippen molar-refractivity contribution in [1.82, 2.24) is 4.98 Å². The first-order chi connectivity index (χ1) is 11.5. The average molecular weight is 346 g/mol. The molecule has 0 spiro atoms. The zero-order valence-corrected chi connectivity index (χ0v) is 14.7. The summed E-state index contributed by atoms with van der Waals surface area (Å²) in [5.41, 5.74) is 0.914. The molecule has 0 N–H and O–H groups in total. The van der Waals surface area contributed by atoms with Crippen LogP contribution in [0.25, 0.3) is 0 Å². The molecule has 0 saturated heterocycles. The number of amides is 1. The zero-order valence-electron chi connectivity index (χ0n) is 13.9. The summed E-state index contributed by atoms with van der Waals surface area (Å²) in [5.74, 6) is -0.00250. The monoisotopic (exact) mass is 346 g/mol. The molecule has 0 aliphatic rings. The number of carbonyl (C=O) groups excluding carboxylic acids is 1. The van der Waals surface area contributed by atoms with Crippen molar-refractivity contribution in [2.75, 3.05) is 10.7 Å². The highest BCUT2D eigenvalue weighted by Gasteiger charge is 2.32. The van der Waals surface area contributed by atoms with Crippen LogP contribution in [-0.2, 0) is 21.2 Å². The van der Waals surface area contributed by atoms with E-state index in [1.807, 2.05) is 30.3 Å². The quantitative estimate of drug-likeness (QED) is 0.773. The lowest BCUT2D eigenvalue weighted by Crippen LogP contribution is -2.42. The molecule has 6 heteroatoms. The predicted molar refractivity (Wildman–Crippen MR) is 95.4 cm³/mol. The number of aromatic nitrogens is 1. The van der Waals surface area contributed by atoms with E-state index in [2.05, 4.69) is 4.98 Å². The van der Waals surface area contributed by atoms with E-state index in [1.54, 1.807) is 31.3 Å². The molecule has 128 valence electrons. The molecule has 1 amide bonds. The van der Waals surface area contributed by atoms with Crippen LogP contribution < -0.4 is 4.90 Å². The lowest BCUT2D eigenvalue weighted by atomic mass is 10.2. The highest BCUT2D eigenvalue weighted by Crippen LogP contribution is 2.18. The number of sulfone groups is 1. The molecule has 0 radical (unpaired) electrons. The molecule has 1 aromatic carbocycles. The van der Waals surface area contributed by atoms with Gasteiger partial charge >= 0.3 is 0 Å². The molecule has 0 saturated carbocycles. The lowest BCUT2D eigenvalue weighted by molar-refractivity contribution is -0.118. The third-order valence-electron chi connectivity index (χ3n) is 3.75. The van der Waals surface area contributed by atoms with Crippen LogP contribution in [0, 0.1) is 0 Å². The summed E-state index contributed by atoms with van der Waals surface area (Å²) in [4.78, 5) is 18.5. The number of hydrogen-bond donors (Lipinski definition) is 0. The summed E-state index contributed by atoms with van der Waals surface area (Å²) in [6, 6.07) is 14.7. The molecule has 1 aromatic heterocycles. The highest BCUT2D eigenvalue weighted by molar-refractivity contribution is 7.92. The van der Waals surface area contributed by atoms with Gasteiger partial charge < -0.3 is 0 Å². The predicted octanol–water partition coefficient (Wildman–Crippen LogP) is 2.83. The fraction of sp³-hybridized carbons (Fsp3) is 0.333. The number of carbonyl (C=O) groups is 1. The molecule has 5 nitrogen and oxygen atoms in total. The Bertz CT molecular complexity index is 761. The van der Waals surface area contributed by atoms with Crippen LogP contribution in [0.5, 0.6) is 0 Å². The van der Waals surface area contributed by atoms with Crippen LogP contribution in [0.4, 0.5) is 5.82 Å². The minimum absolute atomic E-state index is 0.00129. The van der Waals surface area contributed by atoms with Gasteiger partial charge in [-0.25, -0.2) is 13.4 Å². The smallest absolute Gasteiger partial charge is 0.246 e. The molecule has 1 atom stereocenters. The van der Waals surface area contributed by atoms with Crippen LogP contribution in [0.15, 0.2) is 54.7 Å². The van der Waals surface area contributed by atoms with Gasteiger partial charge in [0.1, 0.15) is 11.1 Å². The van der Waals surface area contributed by atoms with Gasteiger partial charge in [-0.2, -0.15) is 0 Å². The van der Waals surface area contributed by atoms with E-state index in [0.717, 1.165) is 5.56 Å². The molecule has 2 rings (SSSR count). The van der Waals surface area contributed by atoms with Crippen LogP contribution >= 0.6 is 0 Å². The van der Waals surface area contributed by atoms with Gasteiger partial charge in [0.2, 0.25) is 5.91 Å². The second-order valence-corrected chi connectivity index (χ2v) is 8.05. The molecule has 0 bridgehead atoms. The van der Waals surface area contributed by atoms with Crippen molar-refractivity contribution >= 4 is 21.6 Å². The van der Waals surface area contributed by atoms with Crippen LogP contribution in [-0.4, -0.2) is 30.3 Å². The number of rotatable bonds is 7. The summed E-state index contributed by atoms with van der Waals surface area (Å²) in [5, 5.41) is -1.09. The Morgan fingerprint density at radius 3 is 2.38 bits per heavy atom. The number of pyridine rings is 1. The van der Waals surface area contributed by atoms with Crippen molar-refractivity contribution in [1.29, 1.82) is 0 Å². The third kappa shape index (κ3) is 4.41. The van der Waals surface area contributed by atoms with Crippen molar-refractivity contribution in [3.63, 3.8) is 0 Å². The summed E-state index contributed by atoms with van der Waals surface area (Å²) in [6.45, 7) is 3.52. The second-order valence-electron chi connectivity index (χ2n) is 5.61. The number of hydrogen-bond acceptors (Lipinski definition) is 4. The van der Waals surface area contributed by atoms with Crippen LogP contribution in [0.1, 0.15) is 25.8 Å². The SMILES string of the molecule is CCCS(=O)(=O)[C@H](C)C(=O)N(Cc1ccccc1)c1ccccn1. The molecule has 2 aromatic rings. The Kier molecular flexibility index (Phi) is 6.09. The van der Waals surface area contributed by atoms with E-state index >= 15 is 0 Å². The Balaban J connectivity index is 2.34. The number of nitrogens with zero attached hydrogens (tertiary/aromatic N) is 2. The Hall–Kier alpha value is -2.21. The summed E-state index contributed by atoms with van der Waals surface area (Å²) in [6.07, 6.45) is 2.08. The van der Waals surface area contributed by atoms with Gasteiger partial charge in [-0.05, 0) is 31.0 Å². The van der Waals surface area contributed by atoms with Crippen molar-refractivity contribution in [3.8, 4) is 0 Å². The minimum Gasteiger partial charge on any atom is -0.291 e. The van der Waals surface area contributed by atoms with E-state index in [0.29, 0.717) is 12.2 Å². The standard InChI is InChI=1S/C18H22N2O3S/c1-3-13-24(22,23)15(2)18(21)20(17-11-7-8-12-19-17)14-16-9-5-4-6-10-16/h4-12,15H,3,13-14H2,1-2H3/t15-/m1/s1. The molecule has 0 fully saturated rings. The maximum Gasteiger partial charge on any atom is 0.246 e. The molecule has 24 heavy (non-hydrogen) atoms.